The van der Waals surface area contributed by atoms with Gasteiger partial charge < -0.3 is 14.0 Å². The summed E-state index contributed by atoms with van der Waals surface area (Å²) in [6.07, 6.45) is 2.90. The van der Waals surface area contributed by atoms with Crippen LogP contribution in [-0.4, -0.2) is 41.1 Å². The Kier molecular flexibility index (Phi) is 5.95. The van der Waals surface area contributed by atoms with Crippen LogP contribution in [0, 0.1) is 0 Å². The van der Waals surface area contributed by atoms with Crippen LogP contribution in [0.4, 0.5) is 0 Å². The predicted octanol–water partition coefficient (Wildman–Crippen LogP) is 1.55. The lowest BCUT2D eigenvalue weighted by atomic mass is 9.81. The minimum atomic E-state index is -0.722. The monoisotopic (exact) mass is 269 g/mol. The number of esters is 1. The zero-order chi connectivity index (χ0) is 14.3. The second-order valence-corrected chi connectivity index (χ2v) is 4.35. The van der Waals surface area contributed by atoms with E-state index in [0.29, 0.717) is 38.4 Å². The highest BCUT2D eigenvalue weighted by molar-refractivity contribution is 5.82. The second-order valence-electron chi connectivity index (χ2n) is 4.35. The van der Waals surface area contributed by atoms with Crippen LogP contribution >= 0.6 is 0 Å². The van der Waals surface area contributed by atoms with Gasteiger partial charge in [0.2, 0.25) is 0 Å². The first-order chi connectivity index (χ1) is 9.16. The average Bonchev–Trinajstić information content (AvgIpc) is 2.88. The maximum Gasteiger partial charge on any atom is 0.319 e. The van der Waals surface area contributed by atoms with E-state index in [0.717, 1.165) is 0 Å². The van der Waals surface area contributed by atoms with Crippen molar-refractivity contribution >= 4 is 5.97 Å². The van der Waals surface area contributed by atoms with E-state index in [4.69, 9.17) is 9.47 Å². The van der Waals surface area contributed by atoms with Crippen LogP contribution in [0.25, 0.3) is 0 Å². The zero-order valence-electron chi connectivity index (χ0n) is 12.2. The van der Waals surface area contributed by atoms with Gasteiger partial charge in [0, 0.05) is 13.7 Å². The van der Waals surface area contributed by atoms with Crippen molar-refractivity contribution in [3.05, 3.63) is 12.2 Å². The number of methoxy groups -OCH3 is 1. The van der Waals surface area contributed by atoms with Crippen LogP contribution in [0.5, 0.6) is 0 Å². The SMILES string of the molecule is CCOC(=O)C(CC)(CC)c1nncn1CCOC. The van der Waals surface area contributed by atoms with Crippen LogP contribution in [0.1, 0.15) is 39.4 Å². The Balaban J connectivity index is 3.11. The number of aromatic nitrogens is 3. The summed E-state index contributed by atoms with van der Waals surface area (Å²) in [6, 6.07) is 0. The van der Waals surface area contributed by atoms with Crippen molar-refractivity contribution < 1.29 is 14.3 Å². The van der Waals surface area contributed by atoms with Crippen molar-refractivity contribution in [2.24, 2.45) is 0 Å². The first-order valence-corrected chi connectivity index (χ1v) is 6.70. The molecule has 0 fully saturated rings. The van der Waals surface area contributed by atoms with Gasteiger partial charge in [-0.25, -0.2) is 0 Å². The smallest absolute Gasteiger partial charge is 0.319 e. The van der Waals surface area contributed by atoms with Gasteiger partial charge in [-0.05, 0) is 19.8 Å². The fraction of sp³-hybridized carbons (Fsp3) is 0.769. The normalized spacial score (nSPS) is 11.6. The topological polar surface area (TPSA) is 66.2 Å². The fourth-order valence-corrected chi connectivity index (χ4v) is 2.19. The van der Waals surface area contributed by atoms with E-state index in [2.05, 4.69) is 10.2 Å². The number of nitrogens with zero attached hydrogens (tertiary/aromatic N) is 3. The molecule has 0 saturated carbocycles. The summed E-state index contributed by atoms with van der Waals surface area (Å²) in [5.74, 6) is 0.430. The van der Waals surface area contributed by atoms with E-state index in [1.807, 2.05) is 25.3 Å². The molecule has 0 aromatic carbocycles. The highest BCUT2D eigenvalue weighted by Crippen LogP contribution is 2.31. The van der Waals surface area contributed by atoms with Crippen molar-refractivity contribution in [3.63, 3.8) is 0 Å². The Morgan fingerprint density at radius 1 is 1.37 bits per heavy atom. The third kappa shape index (κ3) is 3.12. The highest BCUT2D eigenvalue weighted by atomic mass is 16.5. The number of hydrogen-bond acceptors (Lipinski definition) is 5. The third-order valence-electron chi connectivity index (χ3n) is 3.45. The molecular weight excluding hydrogens is 246 g/mol. The molecule has 19 heavy (non-hydrogen) atoms. The van der Waals surface area contributed by atoms with Crippen molar-refractivity contribution in [2.75, 3.05) is 20.3 Å². The van der Waals surface area contributed by atoms with Gasteiger partial charge in [-0.1, -0.05) is 13.8 Å². The highest BCUT2D eigenvalue weighted by Gasteiger charge is 2.42. The molecule has 1 heterocycles. The maximum absolute atomic E-state index is 12.3. The van der Waals surface area contributed by atoms with Crippen molar-refractivity contribution in [3.8, 4) is 0 Å². The predicted molar refractivity (Wildman–Crippen MR) is 70.8 cm³/mol. The molecule has 0 aliphatic heterocycles. The molecule has 1 aromatic rings. The Hall–Kier alpha value is -1.43. The lowest BCUT2D eigenvalue weighted by Crippen LogP contribution is -2.39. The molecule has 6 heteroatoms. The minimum absolute atomic E-state index is 0.230. The number of carbonyl (C=O) groups is 1. The number of ether oxygens (including phenoxy) is 2. The molecule has 0 atom stereocenters. The van der Waals surface area contributed by atoms with Gasteiger partial charge in [0.1, 0.15) is 17.6 Å². The van der Waals surface area contributed by atoms with Gasteiger partial charge >= 0.3 is 5.97 Å². The first-order valence-electron chi connectivity index (χ1n) is 6.70. The zero-order valence-corrected chi connectivity index (χ0v) is 12.2. The average molecular weight is 269 g/mol. The summed E-state index contributed by atoms with van der Waals surface area (Å²) in [6.45, 7) is 7.29. The van der Waals surface area contributed by atoms with Gasteiger partial charge in [0.05, 0.1) is 13.2 Å². The maximum atomic E-state index is 12.3. The minimum Gasteiger partial charge on any atom is -0.465 e. The van der Waals surface area contributed by atoms with Crippen LogP contribution in [0.2, 0.25) is 0 Å². The van der Waals surface area contributed by atoms with E-state index < -0.39 is 5.41 Å². The Morgan fingerprint density at radius 3 is 2.58 bits per heavy atom. The molecule has 1 aromatic heterocycles. The molecular formula is C13H23N3O3. The molecule has 0 amide bonds. The van der Waals surface area contributed by atoms with E-state index in [1.54, 1.807) is 13.4 Å². The fourth-order valence-electron chi connectivity index (χ4n) is 2.19. The molecule has 0 radical (unpaired) electrons. The van der Waals surface area contributed by atoms with Crippen LogP contribution in [0.3, 0.4) is 0 Å². The van der Waals surface area contributed by atoms with E-state index in [9.17, 15) is 4.79 Å². The van der Waals surface area contributed by atoms with Crippen LogP contribution in [-0.2, 0) is 26.2 Å². The molecule has 0 bridgehead atoms. The summed E-state index contributed by atoms with van der Waals surface area (Å²) in [4.78, 5) is 12.3. The quantitative estimate of drug-likeness (QED) is 0.670. The Bertz CT molecular complexity index is 400. The molecule has 0 spiro atoms. The van der Waals surface area contributed by atoms with E-state index in [1.165, 1.54) is 0 Å². The molecule has 0 saturated heterocycles. The standard InChI is InChI=1S/C13H23N3O3/c1-5-13(6-2,12(17)19-7-3)11-15-14-10-16(11)8-9-18-4/h10H,5-9H2,1-4H3. The van der Waals surface area contributed by atoms with Crippen LogP contribution < -0.4 is 0 Å². The van der Waals surface area contributed by atoms with Crippen molar-refractivity contribution in [1.29, 1.82) is 0 Å². The number of rotatable bonds is 8. The molecule has 6 nitrogen and oxygen atoms in total. The summed E-state index contributed by atoms with van der Waals surface area (Å²) < 4.78 is 12.2. The van der Waals surface area contributed by atoms with Gasteiger partial charge in [-0.3, -0.25) is 4.79 Å². The molecule has 0 aliphatic rings. The van der Waals surface area contributed by atoms with Crippen LogP contribution in [0.15, 0.2) is 6.33 Å². The van der Waals surface area contributed by atoms with Gasteiger partial charge in [0.25, 0.3) is 0 Å². The summed E-state index contributed by atoms with van der Waals surface area (Å²) in [5.41, 5.74) is -0.722. The Morgan fingerprint density at radius 2 is 2.05 bits per heavy atom. The summed E-state index contributed by atoms with van der Waals surface area (Å²) in [5, 5.41) is 8.07. The summed E-state index contributed by atoms with van der Waals surface area (Å²) >= 11 is 0. The lowest BCUT2D eigenvalue weighted by molar-refractivity contribution is -0.151. The lowest BCUT2D eigenvalue weighted by Gasteiger charge is -2.28. The molecule has 0 unspecified atom stereocenters. The van der Waals surface area contributed by atoms with Gasteiger partial charge in [-0.15, -0.1) is 10.2 Å². The molecule has 1 rings (SSSR count). The van der Waals surface area contributed by atoms with Gasteiger partial charge in [-0.2, -0.15) is 0 Å². The molecule has 0 N–H and O–H groups in total. The second kappa shape index (κ2) is 7.23. The van der Waals surface area contributed by atoms with E-state index >= 15 is 0 Å². The Labute approximate surface area is 114 Å². The molecule has 108 valence electrons. The first kappa shape index (κ1) is 15.6. The largest absolute Gasteiger partial charge is 0.465 e. The number of hydrogen-bond donors (Lipinski definition) is 0. The van der Waals surface area contributed by atoms with Gasteiger partial charge in [0.15, 0.2) is 0 Å². The molecule has 0 aliphatic carbocycles. The third-order valence-corrected chi connectivity index (χ3v) is 3.45. The summed E-state index contributed by atoms with van der Waals surface area (Å²) in [7, 11) is 1.64. The van der Waals surface area contributed by atoms with Crippen molar-refractivity contribution in [2.45, 2.75) is 45.6 Å². The number of carbonyl (C=O) groups excluding carboxylic acids is 1. The van der Waals surface area contributed by atoms with E-state index in [-0.39, 0.29) is 5.97 Å². The van der Waals surface area contributed by atoms with Crippen molar-refractivity contribution in [1.82, 2.24) is 14.8 Å².